The maximum absolute atomic E-state index is 12.8. The average Bonchev–Trinajstić information content (AvgIpc) is 2.70. The second-order valence-electron chi connectivity index (χ2n) is 7.30. The van der Waals surface area contributed by atoms with E-state index in [1.54, 1.807) is 16.7 Å². The number of amides is 1. The van der Waals surface area contributed by atoms with Gasteiger partial charge in [-0.05, 0) is 44.0 Å². The van der Waals surface area contributed by atoms with Gasteiger partial charge in [-0.1, -0.05) is 23.7 Å². The van der Waals surface area contributed by atoms with Crippen molar-refractivity contribution in [1.29, 1.82) is 0 Å². The largest absolute Gasteiger partial charge is 0.481 e. The SMILES string of the molecule is Cc1cccc(O[C@@H](C)C(=O)N2CCN(c3ncc(C(F)(F)F)cc3Cl)CC2)c1C. The van der Waals surface area contributed by atoms with Crippen molar-refractivity contribution >= 4 is 23.3 Å². The molecule has 1 saturated heterocycles. The van der Waals surface area contributed by atoms with Gasteiger partial charge in [-0.25, -0.2) is 4.98 Å². The van der Waals surface area contributed by atoms with Gasteiger partial charge in [0.15, 0.2) is 6.10 Å². The molecule has 0 bridgehead atoms. The van der Waals surface area contributed by atoms with Crippen molar-refractivity contribution in [3.63, 3.8) is 0 Å². The Morgan fingerprint density at radius 2 is 1.87 bits per heavy atom. The van der Waals surface area contributed by atoms with Crippen molar-refractivity contribution in [1.82, 2.24) is 9.88 Å². The highest BCUT2D eigenvalue weighted by Gasteiger charge is 2.33. The minimum absolute atomic E-state index is 0.0591. The van der Waals surface area contributed by atoms with E-state index in [0.717, 1.165) is 23.4 Å². The van der Waals surface area contributed by atoms with Gasteiger partial charge >= 0.3 is 6.18 Å². The lowest BCUT2D eigenvalue weighted by atomic mass is 10.1. The van der Waals surface area contributed by atoms with Crippen LogP contribution in [-0.2, 0) is 11.0 Å². The monoisotopic (exact) mass is 441 g/mol. The molecule has 0 saturated carbocycles. The molecule has 1 aliphatic heterocycles. The fourth-order valence-corrected chi connectivity index (χ4v) is 3.59. The summed E-state index contributed by atoms with van der Waals surface area (Å²) in [5.41, 5.74) is 1.19. The van der Waals surface area contributed by atoms with Crippen molar-refractivity contribution in [2.75, 3.05) is 31.1 Å². The molecule has 0 aliphatic carbocycles. The van der Waals surface area contributed by atoms with Crippen LogP contribution >= 0.6 is 11.6 Å². The number of aryl methyl sites for hydroxylation is 1. The lowest BCUT2D eigenvalue weighted by molar-refractivity contribution is -0.138. The lowest BCUT2D eigenvalue weighted by Gasteiger charge is -2.36. The highest BCUT2D eigenvalue weighted by Crippen LogP contribution is 2.33. The highest BCUT2D eigenvalue weighted by molar-refractivity contribution is 6.33. The van der Waals surface area contributed by atoms with Crippen LogP contribution in [0.2, 0.25) is 5.02 Å². The number of piperazine rings is 1. The van der Waals surface area contributed by atoms with Crippen LogP contribution in [0.3, 0.4) is 0 Å². The number of halogens is 4. The summed E-state index contributed by atoms with van der Waals surface area (Å²) in [6, 6.07) is 6.58. The molecule has 30 heavy (non-hydrogen) atoms. The smallest absolute Gasteiger partial charge is 0.417 e. The summed E-state index contributed by atoms with van der Waals surface area (Å²) in [6.07, 6.45) is -4.37. The Morgan fingerprint density at radius 3 is 2.47 bits per heavy atom. The topological polar surface area (TPSA) is 45.7 Å². The Labute approximate surface area is 178 Å². The Bertz CT molecular complexity index is 928. The zero-order valence-corrected chi connectivity index (χ0v) is 17.7. The van der Waals surface area contributed by atoms with Gasteiger partial charge in [-0.15, -0.1) is 0 Å². The predicted octanol–water partition coefficient (Wildman–Crippen LogP) is 4.49. The van der Waals surface area contributed by atoms with Crippen molar-refractivity contribution in [3.05, 3.63) is 52.2 Å². The maximum Gasteiger partial charge on any atom is 0.417 e. The number of nitrogens with zero attached hydrogens (tertiary/aromatic N) is 3. The molecule has 3 rings (SSSR count). The minimum Gasteiger partial charge on any atom is -0.481 e. The van der Waals surface area contributed by atoms with E-state index in [9.17, 15) is 18.0 Å². The van der Waals surface area contributed by atoms with Crippen LogP contribution < -0.4 is 9.64 Å². The van der Waals surface area contributed by atoms with E-state index in [4.69, 9.17) is 16.3 Å². The molecule has 0 radical (unpaired) electrons. The maximum atomic E-state index is 12.8. The third-order valence-electron chi connectivity index (χ3n) is 5.25. The number of benzene rings is 1. The summed E-state index contributed by atoms with van der Waals surface area (Å²) in [5, 5.41) is -0.0591. The Kier molecular flexibility index (Phi) is 6.45. The van der Waals surface area contributed by atoms with Crippen molar-refractivity contribution in [2.45, 2.75) is 33.1 Å². The van der Waals surface area contributed by atoms with Gasteiger partial charge in [0.25, 0.3) is 5.91 Å². The number of hydrogen-bond acceptors (Lipinski definition) is 4. The van der Waals surface area contributed by atoms with Crippen LogP contribution in [0.4, 0.5) is 19.0 Å². The van der Waals surface area contributed by atoms with Crippen LogP contribution in [0.5, 0.6) is 5.75 Å². The van der Waals surface area contributed by atoms with Crippen LogP contribution in [0.25, 0.3) is 0 Å². The molecule has 1 aliphatic rings. The number of carbonyl (C=O) groups excluding carboxylic acids is 1. The molecule has 1 amide bonds. The molecule has 1 aromatic heterocycles. The number of carbonyl (C=O) groups is 1. The van der Waals surface area contributed by atoms with E-state index in [2.05, 4.69) is 4.98 Å². The Hall–Kier alpha value is -2.48. The standard InChI is InChI=1S/C21H23ClF3N3O2/c1-13-5-4-6-18(14(13)2)30-15(3)20(29)28-9-7-27(8-10-28)19-17(22)11-16(12-26-19)21(23,24)25/h4-6,11-12,15H,7-10H2,1-3H3/t15-/m0/s1. The highest BCUT2D eigenvalue weighted by atomic mass is 35.5. The summed E-state index contributed by atoms with van der Waals surface area (Å²) >= 11 is 6.03. The molecule has 5 nitrogen and oxygen atoms in total. The van der Waals surface area contributed by atoms with Gasteiger partial charge in [-0.2, -0.15) is 13.2 Å². The van der Waals surface area contributed by atoms with Gasteiger partial charge in [0.2, 0.25) is 0 Å². The molecular weight excluding hydrogens is 419 g/mol. The van der Waals surface area contributed by atoms with E-state index < -0.39 is 17.8 Å². The zero-order chi connectivity index (χ0) is 22.1. The number of alkyl halides is 3. The Morgan fingerprint density at radius 1 is 1.20 bits per heavy atom. The zero-order valence-electron chi connectivity index (χ0n) is 17.0. The van der Waals surface area contributed by atoms with Crippen LogP contribution in [0.15, 0.2) is 30.5 Å². The summed E-state index contributed by atoms with van der Waals surface area (Å²) in [4.78, 5) is 20.1. The molecule has 1 aromatic carbocycles. The number of hydrogen-bond donors (Lipinski definition) is 0. The molecule has 0 unspecified atom stereocenters. The number of anilines is 1. The second-order valence-corrected chi connectivity index (χ2v) is 7.70. The number of rotatable bonds is 4. The molecule has 0 N–H and O–H groups in total. The first kappa shape index (κ1) is 22.2. The van der Waals surface area contributed by atoms with Crippen molar-refractivity contribution in [3.8, 4) is 5.75 Å². The van der Waals surface area contributed by atoms with Crippen molar-refractivity contribution < 1.29 is 22.7 Å². The first-order chi connectivity index (χ1) is 14.1. The number of ether oxygens (including phenoxy) is 1. The number of aromatic nitrogens is 1. The molecule has 2 heterocycles. The van der Waals surface area contributed by atoms with E-state index in [0.29, 0.717) is 31.9 Å². The molecule has 162 valence electrons. The first-order valence-corrected chi connectivity index (χ1v) is 9.95. The van der Waals surface area contributed by atoms with E-state index in [1.165, 1.54) is 0 Å². The quantitative estimate of drug-likeness (QED) is 0.701. The van der Waals surface area contributed by atoms with E-state index >= 15 is 0 Å². The molecule has 2 aromatic rings. The lowest BCUT2D eigenvalue weighted by Crippen LogP contribution is -2.52. The first-order valence-electron chi connectivity index (χ1n) is 9.57. The average molecular weight is 442 g/mol. The van der Waals surface area contributed by atoms with E-state index in [1.807, 2.05) is 32.0 Å². The molecule has 1 fully saturated rings. The fraction of sp³-hybridized carbons (Fsp3) is 0.429. The van der Waals surface area contributed by atoms with Crippen LogP contribution in [0, 0.1) is 13.8 Å². The molecule has 9 heteroatoms. The number of pyridine rings is 1. The fourth-order valence-electron chi connectivity index (χ4n) is 3.31. The van der Waals surface area contributed by atoms with Gasteiger partial charge in [0, 0.05) is 32.4 Å². The summed E-state index contributed by atoms with van der Waals surface area (Å²) < 4.78 is 44.2. The molecular formula is C21H23ClF3N3O2. The van der Waals surface area contributed by atoms with E-state index in [-0.39, 0.29) is 16.7 Å². The van der Waals surface area contributed by atoms with Gasteiger partial charge in [0.1, 0.15) is 11.6 Å². The van der Waals surface area contributed by atoms with Crippen LogP contribution in [0.1, 0.15) is 23.6 Å². The van der Waals surface area contributed by atoms with Crippen LogP contribution in [-0.4, -0.2) is 48.1 Å². The third-order valence-corrected chi connectivity index (χ3v) is 5.52. The predicted molar refractivity (Wildman–Crippen MR) is 109 cm³/mol. The van der Waals surface area contributed by atoms with Gasteiger partial charge in [-0.3, -0.25) is 4.79 Å². The minimum atomic E-state index is -4.49. The van der Waals surface area contributed by atoms with Gasteiger partial charge in [0.05, 0.1) is 10.6 Å². The molecule has 1 atom stereocenters. The summed E-state index contributed by atoms with van der Waals surface area (Å²) in [6.45, 7) is 7.28. The van der Waals surface area contributed by atoms with Gasteiger partial charge < -0.3 is 14.5 Å². The normalized spacial score (nSPS) is 15.8. The third kappa shape index (κ3) is 4.80. The van der Waals surface area contributed by atoms with Crippen molar-refractivity contribution in [2.24, 2.45) is 0 Å². The summed E-state index contributed by atoms with van der Waals surface area (Å²) in [7, 11) is 0. The summed E-state index contributed by atoms with van der Waals surface area (Å²) in [5.74, 6) is 0.828. The second kappa shape index (κ2) is 8.71. The molecule has 0 spiro atoms. The Balaban J connectivity index is 1.61.